The van der Waals surface area contributed by atoms with Crippen LogP contribution in [0.3, 0.4) is 0 Å². The Balaban J connectivity index is 2.12. The molecular weight excluding hydrogens is 246 g/mol. The Hall–Kier alpha value is -0.670. The predicted molar refractivity (Wildman–Crippen MR) is 74.6 cm³/mol. The van der Waals surface area contributed by atoms with Crippen molar-refractivity contribution in [3.05, 3.63) is 22.7 Å². The molecule has 2 heterocycles. The van der Waals surface area contributed by atoms with E-state index >= 15 is 0 Å². The summed E-state index contributed by atoms with van der Waals surface area (Å²) in [6.07, 6.45) is 1.31. The number of aryl methyl sites for hydroxylation is 1. The molecule has 1 aliphatic rings. The third-order valence-electron chi connectivity index (χ3n) is 3.93. The minimum absolute atomic E-state index is 0.545. The van der Waals surface area contributed by atoms with Crippen molar-refractivity contribution >= 4 is 11.6 Å². The van der Waals surface area contributed by atoms with Gasteiger partial charge in [-0.05, 0) is 38.2 Å². The van der Waals surface area contributed by atoms with Gasteiger partial charge in [0.15, 0.2) is 0 Å². The van der Waals surface area contributed by atoms with Crippen molar-refractivity contribution in [2.24, 2.45) is 11.8 Å². The first-order valence-electron chi connectivity index (χ1n) is 6.70. The second-order valence-corrected chi connectivity index (χ2v) is 6.12. The van der Waals surface area contributed by atoms with Crippen molar-refractivity contribution in [3.8, 4) is 0 Å². The number of nitrogens with zero attached hydrogens (tertiary/aromatic N) is 3. The van der Waals surface area contributed by atoms with Crippen LogP contribution >= 0.6 is 11.6 Å². The predicted octanol–water partition coefficient (Wildman–Crippen LogP) is 3.30. The summed E-state index contributed by atoms with van der Waals surface area (Å²) in [6, 6.07) is 2.39. The van der Waals surface area contributed by atoms with Crippen LogP contribution in [0.4, 0.5) is 0 Å². The number of rotatable bonds is 2. The summed E-state index contributed by atoms with van der Waals surface area (Å²) >= 11 is 5.99. The molecule has 1 aromatic rings. The maximum absolute atomic E-state index is 5.99. The molecule has 0 radical (unpaired) electrons. The molecule has 0 amide bonds. The van der Waals surface area contributed by atoms with E-state index in [1.807, 2.05) is 6.92 Å². The Morgan fingerprint density at radius 3 is 2.72 bits per heavy atom. The lowest BCUT2D eigenvalue weighted by atomic mass is 9.86. The van der Waals surface area contributed by atoms with Crippen LogP contribution in [0.25, 0.3) is 0 Å². The molecule has 2 rings (SSSR count). The van der Waals surface area contributed by atoms with Gasteiger partial charge in [-0.2, -0.15) is 0 Å². The quantitative estimate of drug-likeness (QED) is 0.770. The molecule has 18 heavy (non-hydrogen) atoms. The minimum Gasteiger partial charge on any atom is -0.293 e. The van der Waals surface area contributed by atoms with E-state index in [0.29, 0.717) is 11.2 Å². The summed E-state index contributed by atoms with van der Waals surface area (Å²) in [7, 11) is 0. The fourth-order valence-electron chi connectivity index (χ4n) is 2.88. The largest absolute Gasteiger partial charge is 0.293 e. The van der Waals surface area contributed by atoms with Crippen molar-refractivity contribution in [2.75, 3.05) is 6.54 Å². The molecule has 0 aromatic carbocycles. The fourth-order valence-corrected chi connectivity index (χ4v) is 3.14. The van der Waals surface area contributed by atoms with Crippen molar-refractivity contribution in [1.29, 1.82) is 0 Å². The summed E-state index contributed by atoms with van der Waals surface area (Å²) in [5.74, 6) is 2.32. The Morgan fingerprint density at radius 2 is 2.06 bits per heavy atom. The first kappa shape index (κ1) is 13.8. The molecule has 0 N–H and O–H groups in total. The van der Waals surface area contributed by atoms with E-state index in [1.165, 1.54) is 6.42 Å². The zero-order valence-electron chi connectivity index (χ0n) is 11.7. The second kappa shape index (κ2) is 5.54. The average molecular weight is 268 g/mol. The number of hydrogen-bond acceptors (Lipinski definition) is 3. The molecule has 0 bridgehead atoms. The van der Waals surface area contributed by atoms with Gasteiger partial charge in [0.1, 0.15) is 11.0 Å². The van der Waals surface area contributed by atoms with Crippen molar-refractivity contribution in [3.63, 3.8) is 0 Å². The Morgan fingerprint density at radius 1 is 1.33 bits per heavy atom. The SMILES string of the molecule is Cc1cc(Cl)nc(CN2CC(C)CC(C)C2C)n1. The minimum atomic E-state index is 0.545. The maximum atomic E-state index is 5.99. The Bertz CT molecular complexity index is 401. The molecule has 3 unspecified atom stereocenters. The van der Waals surface area contributed by atoms with E-state index < -0.39 is 0 Å². The highest BCUT2D eigenvalue weighted by atomic mass is 35.5. The van der Waals surface area contributed by atoms with E-state index in [1.54, 1.807) is 6.07 Å². The molecule has 1 fully saturated rings. The number of piperidine rings is 1. The van der Waals surface area contributed by atoms with Gasteiger partial charge in [-0.3, -0.25) is 4.90 Å². The van der Waals surface area contributed by atoms with Gasteiger partial charge in [-0.15, -0.1) is 0 Å². The lowest BCUT2D eigenvalue weighted by Crippen LogP contribution is -2.45. The van der Waals surface area contributed by atoms with E-state index in [4.69, 9.17) is 11.6 Å². The van der Waals surface area contributed by atoms with Gasteiger partial charge in [-0.1, -0.05) is 25.4 Å². The zero-order chi connectivity index (χ0) is 13.3. The third kappa shape index (κ3) is 3.21. The van der Waals surface area contributed by atoms with Crippen LogP contribution in [-0.4, -0.2) is 27.5 Å². The molecule has 4 heteroatoms. The average Bonchev–Trinajstić information content (AvgIpc) is 2.23. The van der Waals surface area contributed by atoms with Crippen LogP contribution in [0.1, 0.15) is 38.7 Å². The topological polar surface area (TPSA) is 29.0 Å². The Labute approximate surface area is 115 Å². The summed E-state index contributed by atoms with van der Waals surface area (Å²) in [4.78, 5) is 11.3. The lowest BCUT2D eigenvalue weighted by Gasteiger charge is -2.40. The van der Waals surface area contributed by atoms with Gasteiger partial charge in [0.2, 0.25) is 0 Å². The zero-order valence-corrected chi connectivity index (χ0v) is 12.4. The van der Waals surface area contributed by atoms with Gasteiger partial charge in [0.25, 0.3) is 0 Å². The first-order valence-corrected chi connectivity index (χ1v) is 7.07. The first-order chi connectivity index (χ1) is 8.45. The van der Waals surface area contributed by atoms with Gasteiger partial charge < -0.3 is 0 Å². The smallest absolute Gasteiger partial charge is 0.144 e. The molecular formula is C14H22ClN3. The monoisotopic (exact) mass is 267 g/mol. The number of halogens is 1. The Kier molecular flexibility index (Phi) is 4.23. The normalized spacial score (nSPS) is 29.5. The molecule has 1 aliphatic heterocycles. The van der Waals surface area contributed by atoms with Crippen LogP contribution in [0.5, 0.6) is 0 Å². The number of likely N-dealkylation sites (tertiary alicyclic amines) is 1. The number of aromatic nitrogens is 2. The molecule has 3 nitrogen and oxygen atoms in total. The molecule has 0 spiro atoms. The number of hydrogen-bond donors (Lipinski definition) is 0. The highest BCUT2D eigenvalue weighted by Gasteiger charge is 2.29. The van der Waals surface area contributed by atoms with Crippen molar-refractivity contribution in [2.45, 2.75) is 46.7 Å². The van der Waals surface area contributed by atoms with Gasteiger partial charge >= 0.3 is 0 Å². The van der Waals surface area contributed by atoms with E-state index in [-0.39, 0.29) is 0 Å². The fraction of sp³-hybridized carbons (Fsp3) is 0.714. The van der Waals surface area contributed by atoms with Crippen LogP contribution in [-0.2, 0) is 6.54 Å². The van der Waals surface area contributed by atoms with Gasteiger partial charge in [-0.25, -0.2) is 9.97 Å². The van der Waals surface area contributed by atoms with E-state index in [2.05, 4.69) is 35.6 Å². The molecule has 1 aromatic heterocycles. The molecule has 1 saturated heterocycles. The summed E-state index contributed by atoms with van der Waals surface area (Å²) in [6.45, 7) is 10.8. The molecule has 0 saturated carbocycles. The molecule has 0 aliphatic carbocycles. The van der Waals surface area contributed by atoms with Crippen molar-refractivity contribution in [1.82, 2.24) is 14.9 Å². The van der Waals surface area contributed by atoms with Crippen LogP contribution in [0, 0.1) is 18.8 Å². The lowest BCUT2D eigenvalue weighted by molar-refractivity contribution is 0.0705. The summed E-state index contributed by atoms with van der Waals surface area (Å²) in [5, 5.41) is 0.545. The molecule has 3 atom stereocenters. The van der Waals surface area contributed by atoms with E-state index in [0.717, 1.165) is 36.4 Å². The highest BCUT2D eigenvalue weighted by molar-refractivity contribution is 6.29. The maximum Gasteiger partial charge on any atom is 0.144 e. The summed E-state index contributed by atoms with van der Waals surface area (Å²) < 4.78 is 0. The molecule has 100 valence electrons. The standard InChI is InChI=1S/C14H22ClN3/c1-9-5-10(2)12(4)18(7-9)8-14-16-11(3)6-13(15)17-14/h6,9-10,12H,5,7-8H2,1-4H3. The van der Waals surface area contributed by atoms with Gasteiger partial charge in [0.05, 0.1) is 6.54 Å². The van der Waals surface area contributed by atoms with Crippen LogP contribution < -0.4 is 0 Å². The van der Waals surface area contributed by atoms with E-state index in [9.17, 15) is 0 Å². The van der Waals surface area contributed by atoms with Gasteiger partial charge in [0, 0.05) is 18.3 Å². The van der Waals surface area contributed by atoms with Crippen LogP contribution in [0.2, 0.25) is 5.15 Å². The second-order valence-electron chi connectivity index (χ2n) is 5.74. The van der Waals surface area contributed by atoms with Crippen LogP contribution in [0.15, 0.2) is 6.07 Å². The third-order valence-corrected chi connectivity index (χ3v) is 4.13. The summed E-state index contributed by atoms with van der Waals surface area (Å²) in [5.41, 5.74) is 0.941. The highest BCUT2D eigenvalue weighted by Crippen LogP contribution is 2.27. The van der Waals surface area contributed by atoms with Crippen molar-refractivity contribution < 1.29 is 0 Å².